The third-order valence-corrected chi connectivity index (χ3v) is 6.79. The summed E-state index contributed by atoms with van der Waals surface area (Å²) in [6.07, 6.45) is 2.91. The van der Waals surface area contributed by atoms with E-state index in [0.29, 0.717) is 39.0 Å². The van der Waals surface area contributed by atoms with Crippen molar-refractivity contribution >= 4 is 17.6 Å². The molecule has 2 aliphatic rings. The number of rotatable bonds is 6. The summed E-state index contributed by atoms with van der Waals surface area (Å²) in [5, 5.41) is 3.07. The van der Waals surface area contributed by atoms with E-state index in [2.05, 4.69) is 12.2 Å². The number of fused-ring (bicyclic) bond motifs is 1. The predicted octanol–water partition coefficient (Wildman–Crippen LogP) is 4.17. The zero-order chi connectivity index (χ0) is 24.1. The Balaban J connectivity index is 1.31. The molecular formula is C27H35N3O4. The maximum Gasteiger partial charge on any atom is 0.324 e. The molecule has 2 aliphatic heterocycles. The highest BCUT2D eigenvalue weighted by atomic mass is 16.5. The maximum atomic E-state index is 13.4. The molecule has 0 unspecified atom stereocenters. The van der Waals surface area contributed by atoms with Crippen LogP contribution in [0.4, 0.5) is 10.5 Å². The van der Waals surface area contributed by atoms with Gasteiger partial charge in [-0.2, -0.15) is 0 Å². The van der Waals surface area contributed by atoms with Gasteiger partial charge in [-0.15, -0.1) is 0 Å². The lowest BCUT2D eigenvalue weighted by Crippen LogP contribution is -2.52. The quantitative estimate of drug-likeness (QED) is 0.695. The van der Waals surface area contributed by atoms with Gasteiger partial charge in [0.2, 0.25) is 5.91 Å². The van der Waals surface area contributed by atoms with Crippen molar-refractivity contribution in [3.63, 3.8) is 0 Å². The van der Waals surface area contributed by atoms with Gasteiger partial charge < -0.3 is 19.7 Å². The highest BCUT2D eigenvalue weighted by Crippen LogP contribution is 2.36. The first-order chi connectivity index (χ1) is 16.5. The number of hydrogen-bond acceptors (Lipinski definition) is 4. The van der Waals surface area contributed by atoms with E-state index in [-0.39, 0.29) is 24.0 Å². The summed E-state index contributed by atoms with van der Waals surface area (Å²) >= 11 is 0. The minimum Gasteiger partial charge on any atom is -0.496 e. The standard InChI is InChI=1S/C27H35N3O4/c1-4-22-18-30(23-17-19(2)9-10-25(23)34-22)27(32)29-15-12-21(13-16-29)26(31)28-14-11-20-7-5-6-8-24(20)33-3/h5-10,17,21-22H,4,11-16,18H2,1-3H3,(H,28,31)/t22-/m0/s1. The molecule has 0 aliphatic carbocycles. The Morgan fingerprint density at radius 2 is 1.91 bits per heavy atom. The smallest absolute Gasteiger partial charge is 0.324 e. The molecular weight excluding hydrogens is 430 g/mol. The lowest BCUT2D eigenvalue weighted by molar-refractivity contribution is -0.126. The minimum atomic E-state index is -0.0654. The first-order valence-electron chi connectivity index (χ1n) is 12.2. The van der Waals surface area contributed by atoms with Crippen molar-refractivity contribution in [3.8, 4) is 11.5 Å². The summed E-state index contributed by atoms with van der Waals surface area (Å²) in [6.45, 7) is 6.38. The van der Waals surface area contributed by atoms with Gasteiger partial charge in [0.1, 0.15) is 17.6 Å². The number of para-hydroxylation sites is 1. The third-order valence-electron chi connectivity index (χ3n) is 6.79. The number of nitrogens with zero attached hydrogens (tertiary/aromatic N) is 2. The van der Waals surface area contributed by atoms with Crippen LogP contribution in [0.5, 0.6) is 11.5 Å². The summed E-state index contributed by atoms with van der Waals surface area (Å²) in [5.41, 5.74) is 3.02. The molecule has 182 valence electrons. The van der Waals surface area contributed by atoms with Gasteiger partial charge in [-0.3, -0.25) is 9.69 Å². The van der Waals surface area contributed by atoms with E-state index < -0.39 is 0 Å². The number of amides is 3. The van der Waals surface area contributed by atoms with Crippen LogP contribution in [0.25, 0.3) is 0 Å². The Morgan fingerprint density at radius 3 is 2.65 bits per heavy atom. The number of carbonyl (C=O) groups is 2. The number of aryl methyl sites for hydroxylation is 1. The summed E-state index contributed by atoms with van der Waals surface area (Å²) in [4.78, 5) is 29.9. The lowest BCUT2D eigenvalue weighted by atomic mass is 9.96. The van der Waals surface area contributed by atoms with Crippen LogP contribution >= 0.6 is 0 Å². The Labute approximate surface area is 202 Å². The van der Waals surface area contributed by atoms with Gasteiger partial charge in [-0.25, -0.2) is 4.79 Å². The molecule has 0 saturated carbocycles. The summed E-state index contributed by atoms with van der Waals surface area (Å²) < 4.78 is 11.4. The number of carbonyl (C=O) groups excluding carboxylic acids is 2. The number of piperidine rings is 1. The van der Waals surface area contributed by atoms with Crippen LogP contribution in [-0.4, -0.2) is 56.2 Å². The fourth-order valence-electron chi connectivity index (χ4n) is 4.73. The van der Waals surface area contributed by atoms with Crippen LogP contribution in [-0.2, 0) is 11.2 Å². The van der Waals surface area contributed by atoms with Crippen molar-refractivity contribution in [1.82, 2.24) is 10.2 Å². The van der Waals surface area contributed by atoms with Crippen LogP contribution in [0.3, 0.4) is 0 Å². The predicted molar refractivity (Wildman–Crippen MR) is 133 cm³/mol. The van der Waals surface area contributed by atoms with Gasteiger partial charge in [0.25, 0.3) is 0 Å². The largest absolute Gasteiger partial charge is 0.496 e. The Morgan fingerprint density at radius 1 is 1.15 bits per heavy atom. The molecule has 0 aromatic heterocycles. The lowest BCUT2D eigenvalue weighted by Gasteiger charge is -2.39. The SMILES string of the molecule is CC[C@H]1CN(C(=O)N2CCC(C(=O)NCCc3ccccc3OC)CC2)c2cc(C)ccc2O1. The van der Waals surface area contributed by atoms with Gasteiger partial charge in [-0.1, -0.05) is 31.2 Å². The van der Waals surface area contributed by atoms with Gasteiger partial charge in [0, 0.05) is 25.6 Å². The number of nitrogens with one attached hydrogen (secondary N) is 1. The molecule has 1 atom stereocenters. The molecule has 1 fully saturated rings. The van der Waals surface area contributed by atoms with Gasteiger partial charge in [0.15, 0.2) is 0 Å². The number of likely N-dealkylation sites (tertiary alicyclic amines) is 1. The summed E-state index contributed by atoms with van der Waals surface area (Å²) in [7, 11) is 1.66. The number of ether oxygens (including phenoxy) is 2. The van der Waals surface area contributed by atoms with Gasteiger partial charge >= 0.3 is 6.03 Å². The number of methoxy groups -OCH3 is 1. The normalized spacial score (nSPS) is 18.1. The van der Waals surface area contributed by atoms with Crippen LogP contribution < -0.4 is 19.7 Å². The molecule has 1 N–H and O–H groups in total. The summed E-state index contributed by atoms with van der Waals surface area (Å²) in [5.74, 6) is 1.61. The molecule has 2 aromatic rings. The zero-order valence-corrected chi connectivity index (χ0v) is 20.4. The van der Waals surface area contributed by atoms with Crippen molar-refractivity contribution in [2.45, 2.75) is 45.6 Å². The average molecular weight is 466 g/mol. The van der Waals surface area contributed by atoms with Crippen LogP contribution in [0.2, 0.25) is 0 Å². The average Bonchev–Trinajstić information content (AvgIpc) is 2.88. The molecule has 0 bridgehead atoms. The van der Waals surface area contributed by atoms with E-state index in [9.17, 15) is 9.59 Å². The molecule has 2 heterocycles. The molecule has 4 rings (SSSR count). The third kappa shape index (κ3) is 5.29. The molecule has 7 heteroatoms. The maximum absolute atomic E-state index is 13.4. The number of urea groups is 1. The number of benzene rings is 2. The van der Waals surface area contributed by atoms with E-state index in [1.54, 1.807) is 7.11 Å². The van der Waals surface area contributed by atoms with Crippen LogP contribution in [0, 0.1) is 12.8 Å². The van der Waals surface area contributed by atoms with Gasteiger partial charge in [-0.05, 0) is 61.9 Å². The van der Waals surface area contributed by atoms with E-state index in [4.69, 9.17) is 9.47 Å². The Kier molecular flexibility index (Phi) is 7.60. The van der Waals surface area contributed by atoms with E-state index in [0.717, 1.165) is 41.2 Å². The highest BCUT2D eigenvalue weighted by Gasteiger charge is 2.34. The fraction of sp³-hybridized carbons (Fsp3) is 0.481. The fourth-order valence-corrected chi connectivity index (χ4v) is 4.73. The van der Waals surface area contributed by atoms with E-state index >= 15 is 0 Å². The second-order valence-electron chi connectivity index (χ2n) is 9.13. The first kappa shape index (κ1) is 23.9. The van der Waals surface area contributed by atoms with E-state index in [1.807, 2.05) is 59.2 Å². The van der Waals surface area contributed by atoms with E-state index in [1.165, 1.54) is 0 Å². The molecule has 7 nitrogen and oxygen atoms in total. The number of anilines is 1. The monoisotopic (exact) mass is 465 g/mol. The molecule has 2 aromatic carbocycles. The second kappa shape index (κ2) is 10.8. The molecule has 34 heavy (non-hydrogen) atoms. The van der Waals surface area contributed by atoms with Crippen molar-refractivity contribution < 1.29 is 19.1 Å². The minimum absolute atomic E-state index is 0.00336. The molecule has 1 saturated heterocycles. The first-order valence-corrected chi connectivity index (χ1v) is 12.2. The second-order valence-corrected chi connectivity index (χ2v) is 9.13. The topological polar surface area (TPSA) is 71.1 Å². The van der Waals surface area contributed by atoms with Crippen molar-refractivity contribution in [1.29, 1.82) is 0 Å². The van der Waals surface area contributed by atoms with Crippen molar-refractivity contribution in [2.75, 3.05) is 38.2 Å². The van der Waals surface area contributed by atoms with Crippen molar-refractivity contribution in [2.24, 2.45) is 5.92 Å². The molecule has 0 radical (unpaired) electrons. The van der Waals surface area contributed by atoms with Crippen molar-refractivity contribution in [3.05, 3.63) is 53.6 Å². The zero-order valence-electron chi connectivity index (χ0n) is 20.4. The number of hydrogen-bond donors (Lipinski definition) is 1. The Hall–Kier alpha value is -3.22. The Bertz CT molecular complexity index is 1020. The molecule has 0 spiro atoms. The summed E-state index contributed by atoms with van der Waals surface area (Å²) in [6, 6.07) is 13.8. The highest BCUT2D eigenvalue weighted by molar-refractivity contribution is 5.94. The van der Waals surface area contributed by atoms with Gasteiger partial charge in [0.05, 0.1) is 19.3 Å². The van der Waals surface area contributed by atoms with Crippen LogP contribution in [0.15, 0.2) is 42.5 Å². The molecule has 3 amide bonds. The van der Waals surface area contributed by atoms with Crippen LogP contribution in [0.1, 0.15) is 37.3 Å².